The number of halogens is 1. The molecule has 0 aliphatic carbocycles. The van der Waals surface area contributed by atoms with Crippen LogP contribution in [0.5, 0.6) is 0 Å². The van der Waals surface area contributed by atoms with Gasteiger partial charge in [0, 0.05) is 10.7 Å². The summed E-state index contributed by atoms with van der Waals surface area (Å²) >= 11 is 3.42. The van der Waals surface area contributed by atoms with Crippen LogP contribution >= 0.6 is 15.9 Å². The van der Waals surface area contributed by atoms with Gasteiger partial charge in [0.1, 0.15) is 0 Å². The Labute approximate surface area is 133 Å². The molecule has 0 saturated heterocycles. The number of aliphatic imine (C=N–C) groups is 1. The molecule has 3 aromatic carbocycles. The van der Waals surface area contributed by atoms with E-state index in [4.69, 9.17) is 0 Å². The second-order valence-corrected chi connectivity index (χ2v) is 5.64. The minimum Gasteiger partial charge on any atom is -0.256 e. The van der Waals surface area contributed by atoms with E-state index in [0.29, 0.717) is 0 Å². The number of hydrogen-bond donors (Lipinski definition) is 0. The first-order valence-corrected chi connectivity index (χ1v) is 7.56. The smallest absolute Gasteiger partial charge is 0.0630 e. The summed E-state index contributed by atoms with van der Waals surface area (Å²) in [6.07, 6.45) is 1.89. The van der Waals surface area contributed by atoms with Crippen LogP contribution in [-0.4, -0.2) is 6.21 Å². The summed E-state index contributed by atoms with van der Waals surface area (Å²) in [4.78, 5) is 4.47. The third-order valence-corrected chi connectivity index (χ3v) is 3.74. The highest BCUT2D eigenvalue weighted by atomic mass is 79.9. The summed E-state index contributed by atoms with van der Waals surface area (Å²) in [5.74, 6) is 0. The second-order valence-electron chi connectivity index (χ2n) is 4.72. The summed E-state index contributed by atoms with van der Waals surface area (Å²) < 4.78 is 1.06. The predicted molar refractivity (Wildman–Crippen MR) is 93.3 cm³/mol. The highest BCUT2D eigenvalue weighted by molar-refractivity contribution is 9.10. The summed E-state index contributed by atoms with van der Waals surface area (Å²) in [5, 5.41) is 0. The molecule has 0 saturated carbocycles. The van der Waals surface area contributed by atoms with Crippen LogP contribution in [0.25, 0.3) is 11.1 Å². The Bertz CT molecular complexity index is 729. The van der Waals surface area contributed by atoms with Gasteiger partial charge < -0.3 is 0 Å². The topological polar surface area (TPSA) is 12.4 Å². The Balaban J connectivity index is 1.77. The molecule has 0 heterocycles. The van der Waals surface area contributed by atoms with Crippen molar-refractivity contribution in [2.45, 2.75) is 0 Å². The van der Waals surface area contributed by atoms with Crippen molar-refractivity contribution in [1.82, 2.24) is 0 Å². The molecule has 0 bridgehead atoms. The van der Waals surface area contributed by atoms with Gasteiger partial charge in [-0.15, -0.1) is 0 Å². The van der Waals surface area contributed by atoms with Gasteiger partial charge in [-0.1, -0.05) is 70.5 Å². The first-order chi connectivity index (χ1) is 10.3. The third kappa shape index (κ3) is 3.67. The van der Waals surface area contributed by atoms with E-state index in [2.05, 4.69) is 69.5 Å². The van der Waals surface area contributed by atoms with E-state index in [1.807, 2.05) is 36.5 Å². The Hall–Kier alpha value is -2.19. The average molecular weight is 336 g/mol. The number of benzene rings is 3. The van der Waals surface area contributed by atoms with Crippen molar-refractivity contribution in [3.63, 3.8) is 0 Å². The van der Waals surface area contributed by atoms with E-state index < -0.39 is 0 Å². The Morgan fingerprint density at radius 1 is 0.667 bits per heavy atom. The first-order valence-electron chi connectivity index (χ1n) is 6.76. The van der Waals surface area contributed by atoms with Crippen LogP contribution in [0.1, 0.15) is 5.56 Å². The van der Waals surface area contributed by atoms with E-state index in [-0.39, 0.29) is 0 Å². The highest BCUT2D eigenvalue weighted by Crippen LogP contribution is 2.20. The normalized spacial score (nSPS) is 10.9. The van der Waals surface area contributed by atoms with E-state index in [1.54, 1.807) is 0 Å². The lowest BCUT2D eigenvalue weighted by molar-refractivity contribution is 1.51. The zero-order valence-electron chi connectivity index (χ0n) is 11.4. The standard InChI is InChI=1S/C19H14BrN/c20-18-10-12-19(13-11-18)21-14-15-6-8-17(9-7-15)16-4-2-1-3-5-16/h1-14H. The van der Waals surface area contributed by atoms with Gasteiger partial charge in [0.25, 0.3) is 0 Å². The molecule has 3 aromatic rings. The maximum absolute atomic E-state index is 4.47. The summed E-state index contributed by atoms with van der Waals surface area (Å²) in [6, 6.07) is 26.7. The maximum Gasteiger partial charge on any atom is 0.0630 e. The fourth-order valence-electron chi connectivity index (χ4n) is 2.07. The molecule has 21 heavy (non-hydrogen) atoms. The molecule has 0 aliphatic heterocycles. The molecule has 1 nitrogen and oxygen atoms in total. The molecule has 0 N–H and O–H groups in total. The Morgan fingerprint density at radius 2 is 1.29 bits per heavy atom. The zero-order valence-corrected chi connectivity index (χ0v) is 13.0. The van der Waals surface area contributed by atoms with Gasteiger partial charge in [-0.3, -0.25) is 4.99 Å². The highest BCUT2D eigenvalue weighted by Gasteiger charge is 1.96. The van der Waals surface area contributed by atoms with E-state index in [9.17, 15) is 0 Å². The van der Waals surface area contributed by atoms with Crippen molar-refractivity contribution < 1.29 is 0 Å². The minimum atomic E-state index is 0.949. The zero-order chi connectivity index (χ0) is 14.5. The Kier molecular flexibility index (Phi) is 4.27. The fraction of sp³-hybridized carbons (Fsp3) is 0. The molecule has 0 spiro atoms. The number of rotatable bonds is 3. The van der Waals surface area contributed by atoms with E-state index in [1.165, 1.54) is 11.1 Å². The maximum atomic E-state index is 4.47. The number of nitrogens with zero attached hydrogens (tertiary/aromatic N) is 1. The molecule has 0 fully saturated rings. The number of hydrogen-bond acceptors (Lipinski definition) is 1. The lowest BCUT2D eigenvalue weighted by Gasteiger charge is -2.01. The van der Waals surface area contributed by atoms with Crippen LogP contribution in [-0.2, 0) is 0 Å². The largest absolute Gasteiger partial charge is 0.256 e. The molecule has 0 atom stereocenters. The van der Waals surface area contributed by atoms with Crippen LogP contribution < -0.4 is 0 Å². The van der Waals surface area contributed by atoms with E-state index >= 15 is 0 Å². The van der Waals surface area contributed by atoms with Gasteiger partial charge in [0.2, 0.25) is 0 Å². The fourth-order valence-corrected chi connectivity index (χ4v) is 2.33. The summed E-state index contributed by atoms with van der Waals surface area (Å²) in [5.41, 5.74) is 4.49. The molecular formula is C19H14BrN. The second kappa shape index (κ2) is 6.51. The molecule has 0 radical (unpaired) electrons. The molecule has 3 rings (SSSR count). The molecule has 0 aromatic heterocycles. The SMILES string of the molecule is Brc1ccc(N=Cc2ccc(-c3ccccc3)cc2)cc1. The minimum absolute atomic E-state index is 0.949. The monoisotopic (exact) mass is 335 g/mol. The molecule has 2 heteroatoms. The van der Waals surface area contributed by atoms with Crippen LogP contribution in [0, 0.1) is 0 Å². The van der Waals surface area contributed by atoms with Crippen molar-refractivity contribution >= 4 is 27.8 Å². The molecule has 0 amide bonds. The third-order valence-electron chi connectivity index (χ3n) is 3.21. The van der Waals surface area contributed by atoms with Gasteiger partial charge >= 0.3 is 0 Å². The van der Waals surface area contributed by atoms with Gasteiger partial charge in [0.15, 0.2) is 0 Å². The quantitative estimate of drug-likeness (QED) is 0.531. The van der Waals surface area contributed by atoms with Gasteiger partial charge in [-0.05, 0) is 41.0 Å². The van der Waals surface area contributed by atoms with Crippen LogP contribution in [0.3, 0.4) is 0 Å². The van der Waals surface area contributed by atoms with E-state index in [0.717, 1.165) is 15.7 Å². The van der Waals surface area contributed by atoms with Gasteiger partial charge in [-0.2, -0.15) is 0 Å². The van der Waals surface area contributed by atoms with Crippen LogP contribution in [0.4, 0.5) is 5.69 Å². The van der Waals surface area contributed by atoms with Crippen molar-refractivity contribution in [2.75, 3.05) is 0 Å². The molecular weight excluding hydrogens is 322 g/mol. The Morgan fingerprint density at radius 3 is 1.95 bits per heavy atom. The first kappa shape index (κ1) is 13.8. The van der Waals surface area contributed by atoms with Crippen molar-refractivity contribution in [2.24, 2.45) is 4.99 Å². The predicted octanol–water partition coefficient (Wildman–Crippen LogP) is 5.87. The van der Waals surface area contributed by atoms with Crippen molar-refractivity contribution in [3.05, 3.63) is 88.9 Å². The molecule has 0 unspecified atom stereocenters. The van der Waals surface area contributed by atoms with Crippen molar-refractivity contribution in [3.8, 4) is 11.1 Å². The van der Waals surface area contributed by atoms with Gasteiger partial charge in [0.05, 0.1) is 5.69 Å². The molecule has 102 valence electrons. The summed E-state index contributed by atoms with van der Waals surface area (Å²) in [7, 11) is 0. The lowest BCUT2D eigenvalue weighted by atomic mass is 10.0. The summed E-state index contributed by atoms with van der Waals surface area (Å²) in [6.45, 7) is 0. The van der Waals surface area contributed by atoms with Crippen LogP contribution in [0.15, 0.2) is 88.3 Å². The average Bonchev–Trinajstić information content (AvgIpc) is 2.56. The molecule has 0 aliphatic rings. The lowest BCUT2D eigenvalue weighted by Crippen LogP contribution is -1.82. The van der Waals surface area contributed by atoms with Crippen LogP contribution in [0.2, 0.25) is 0 Å². The van der Waals surface area contributed by atoms with Crippen molar-refractivity contribution in [1.29, 1.82) is 0 Å². The van der Waals surface area contributed by atoms with Gasteiger partial charge in [-0.25, -0.2) is 0 Å².